The lowest BCUT2D eigenvalue weighted by Gasteiger charge is -2.40. The van der Waals surface area contributed by atoms with Gasteiger partial charge in [-0.2, -0.15) is 0 Å². The Labute approximate surface area is 296 Å². The molecule has 0 aromatic carbocycles. The zero-order valence-corrected chi connectivity index (χ0v) is 30.7. The number of hydrogen-bond donors (Lipinski definition) is 8. The van der Waals surface area contributed by atoms with Crippen molar-refractivity contribution in [3.8, 4) is 0 Å². The van der Waals surface area contributed by atoms with E-state index in [0.717, 1.165) is 38.5 Å². The van der Waals surface area contributed by atoms with Crippen LogP contribution in [0.5, 0.6) is 0 Å². The summed E-state index contributed by atoms with van der Waals surface area (Å²) < 4.78 is 11.0. The molecule has 8 N–H and O–H groups in total. The third-order valence-corrected chi connectivity index (χ3v) is 9.57. The van der Waals surface area contributed by atoms with Crippen molar-refractivity contribution in [3.63, 3.8) is 0 Å². The molecule has 1 fully saturated rings. The first-order valence-electron chi connectivity index (χ1n) is 19.6. The summed E-state index contributed by atoms with van der Waals surface area (Å²) in [5.74, 6) is -0.710. The molecule has 11 heteroatoms. The van der Waals surface area contributed by atoms with Gasteiger partial charge in [0.1, 0.15) is 36.6 Å². The van der Waals surface area contributed by atoms with Crippen LogP contribution in [0.15, 0.2) is 12.2 Å². The highest BCUT2D eigenvalue weighted by Gasteiger charge is 2.44. The van der Waals surface area contributed by atoms with Crippen molar-refractivity contribution in [2.24, 2.45) is 0 Å². The monoisotopic (exact) mass is 704 g/mol. The predicted octanol–water partition coefficient (Wildman–Crippen LogP) is 4.55. The van der Waals surface area contributed by atoms with E-state index in [-0.39, 0.29) is 12.8 Å². The molecule has 0 bridgehead atoms. The van der Waals surface area contributed by atoms with Crippen LogP contribution >= 0.6 is 0 Å². The Kier molecular flexibility index (Phi) is 27.6. The number of amides is 1. The lowest BCUT2D eigenvalue weighted by atomic mass is 9.98. The third kappa shape index (κ3) is 20.5. The van der Waals surface area contributed by atoms with Gasteiger partial charge in [-0.25, -0.2) is 0 Å². The maximum atomic E-state index is 12.9. The molecular formula is C38H73NO10. The van der Waals surface area contributed by atoms with Crippen LogP contribution in [0.3, 0.4) is 0 Å². The van der Waals surface area contributed by atoms with E-state index in [1.54, 1.807) is 0 Å². The standard InChI is InChI=1S/C38H73NO10/c1-3-5-7-9-11-13-15-16-18-19-21-23-25-30(41)33(43)29(28-48-38-36(46)35(45)34(44)32(27-40)49-38)39-37(47)31(42)26-24-22-20-17-14-12-10-8-6-4-2/h18-19,29-36,38,40-46H,3-17,20-28H2,1-2H3,(H,39,47)/b19-18+. The molecule has 1 aliphatic rings. The van der Waals surface area contributed by atoms with E-state index >= 15 is 0 Å². The van der Waals surface area contributed by atoms with Gasteiger partial charge in [-0.15, -0.1) is 0 Å². The minimum atomic E-state index is -1.66. The largest absolute Gasteiger partial charge is 0.394 e. The predicted molar refractivity (Wildman–Crippen MR) is 192 cm³/mol. The Morgan fingerprint density at radius 3 is 1.76 bits per heavy atom. The molecule has 290 valence electrons. The van der Waals surface area contributed by atoms with Crippen molar-refractivity contribution >= 4 is 5.91 Å². The van der Waals surface area contributed by atoms with E-state index < -0.39 is 74.2 Å². The van der Waals surface area contributed by atoms with E-state index in [2.05, 4.69) is 31.3 Å². The number of nitrogens with one attached hydrogen (secondary N) is 1. The van der Waals surface area contributed by atoms with Gasteiger partial charge >= 0.3 is 0 Å². The van der Waals surface area contributed by atoms with Crippen LogP contribution in [0.4, 0.5) is 0 Å². The number of carbonyl (C=O) groups excluding carboxylic acids is 1. The van der Waals surface area contributed by atoms with Crippen LogP contribution < -0.4 is 5.32 Å². The normalized spacial score (nSPS) is 23.8. The second-order valence-electron chi connectivity index (χ2n) is 14.0. The minimum absolute atomic E-state index is 0.256. The molecule has 1 amide bonds. The fourth-order valence-electron chi connectivity index (χ4n) is 6.20. The molecule has 1 heterocycles. The fourth-order valence-corrected chi connectivity index (χ4v) is 6.20. The van der Waals surface area contributed by atoms with Crippen LogP contribution in [-0.4, -0.2) is 110 Å². The molecule has 0 aromatic heterocycles. The third-order valence-electron chi connectivity index (χ3n) is 9.57. The van der Waals surface area contributed by atoms with Gasteiger partial charge in [0, 0.05) is 0 Å². The van der Waals surface area contributed by atoms with Gasteiger partial charge in [0.05, 0.1) is 25.4 Å². The second kappa shape index (κ2) is 29.4. The number of carbonyl (C=O) groups is 1. The number of rotatable bonds is 31. The molecule has 0 aromatic rings. The van der Waals surface area contributed by atoms with Crippen LogP contribution in [-0.2, 0) is 14.3 Å². The molecule has 0 saturated carbocycles. The highest BCUT2D eigenvalue weighted by Crippen LogP contribution is 2.23. The molecule has 11 nitrogen and oxygen atoms in total. The van der Waals surface area contributed by atoms with Crippen molar-refractivity contribution in [1.82, 2.24) is 5.32 Å². The Hall–Kier alpha value is -1.15. The number of aliphatic hydroxyl groups is 7. The van der Waals surface area contributed by atoms with E-state index in [4.69, 9.17) is 9.47 Å². The SMILES string of the molecule is CCCCCCCCC/C=C/CCCC(O)C(O)C(COC1OC(CO)C(O)C(O)C1O)NC(=O)C(O)CCCCCCCCCCCC. The Morgan fingerprint density at radius 2 is 1.20 bits per heavy atom. The van der Waals surface area contributed by atoms with Gasteiger partial charge in [0.2, 0.25) is 5.91 Å². The summed E-state index contributed by atoms with van der Waals surface area (Å²) in [6, 6.07) is -1.18. The smallest absolute Gasteiger partial charge is 0.249 e. The van der Waals surface area contributed by atoms with E-state index in [9.17, 15) is 40.5 Å². The second-order valence-corrected chi connectivity index (χ2v) is 14.0. The Bertz CT molecular complexity index is 815. The molecule has 0 aliphatic carbocycles. The zero-order valence-electron chi connectivity index (χ0n) is 30.7. The van der Waals surface area contributed by atoms with E-state index in [1.807, 2.05) is 0 Å². The quantitative estimate of drug-likeness (QED) is 0.0376. The first kappa shape index (κ1) is 45.9. The average molecular weight is 704 g/mol. The lowest BCUT2D eigenvalue weighted by molar-refractivity contribution is -0.303. The molecule has 0 spiro atoms. The van der Waals surface area contributed by atoms with Gasteiger partial charge < -0.3 is 50.5 Å². The molecule has 0 radical (unpaired) electrons. The van der Waals surface area contributed by atoms with Crippen LogP contribution in [0.25, 0.3) is 0 Å². The Morgan fingerprint density at radius 1 is 0.694 bits per heavy atom. The van der Waals surface area contributed by atoms with E-state index in [1.165, 1.54) is 77.0 Å². The highest BCUT2D eigenvalue weighted by atomic mass is 16.7. The maximum absolute atomic E-state index is 12.9. The summed E-state index contributed by atoms with van der Waals surface area (Å²) in [5.41, 5.74) is 0. The summed E-state index contributed by atoms with van der Waals surface area (Å²) in [7, 11) is 0. The summed E-state index contributed by atoms with van der Waals surface area (Å²) in [4.78, 5) is 12.9. The maximum Gasteiger partial charge on any atom is 0.249 e. The summed E-state index contributed by atoms with van der Waals surface area (Å²) in [6.45, 7) is 3.35. The fraction of sp³-hybridized carbons (Fsp3) is 0.921. The van der Waals surface area contributed by atoms with Crippen molar-refractivity contribution < 1.29 is 50.0 Å². The number of ether oxygens (including phenoxy) is 2. The number of allylic oxidation sites excluding steroid dienone is 2. The molecule has 1 aliphatic heterocycles. The molecule has 49 heavy (non-hydrogen) atoms. The first-order chi connectivity index (χ1) is 23.7. The van der Waals surface area contributed by atoms with Gasteiger partial charge in [-0.3, -0.25) is 4.79 Å². The highest BCUT2D eigenvalue weighted by molar-refractivity contribution is 5.80. The van der Waals surface area contributed by atoms with Crippen molar-refractivity contribution in [2.45, 2.75) is 210 Å². The molecule has 1 rings (SSSR count). The summed E-state index contributed by atoms with van der Waals surface area (Å²) >= 11 is 0. The van der Waals surface area contributed by atoms with E-state index in [0.29, 0.717) is 12.8 Å². The minimum Gasteiger partial charge on any atom is -0.394 e. The van der Waals surface area contributed by atoms with Gasteiger partial charge in [-0.1, -0.05) is 129 Å². The number of unbranched alkanes of at least 4 members (excludes halogenated alkanes) is 17. The first-order valence-corrected chi connectivity index (χ1v) is 19.6. The summed E-state index contributed by atoms with van der Waals surface area (Å²) in [5, 5.41) is 75.1. The van der Waals surface area contributed by atoms with Crippen LogP contribution in [0, 0.1) is 0 Å². The molecule has 9 unspecified atom stereocenters. The van der Waals surface area contributed by atoms with Crippen molar-refractivity contribution in [1.29, 1.82) is 0 Å². The lowest BCUT2D eigenvalue weighted by Crippen LogP contribution is -2.60. The number of hydrogen-bond acceptors (Lipinski definition) is 10. The summed E-state index contributed by atoms with van der Waals surface area (Å²) in [6.07, 6.45) is 15.7. The van der Waals surface area contributed by atoms with Gasteiger partial charge in [-0.05, 0) is 38.5 Å². The van der Waals surface area contributed by atoms with Crippen molar-refractivity contribution in [2.75, 3.05) is 13.2 Å². The Balaban J connectivity index is 2.60. The van der Waals surface area contributed by atoms with Crippen molar-refractivity contribution in [3.05, 3.63) is 12.2 Å². The molecular weight excluding hydrogens is 630 g/mol. The molecule has 1 saturated heterocycles. The van der Waals surface area contributed by atoms with Crippen LogP contribution in [0.1, 0.15) is 155 Å². The van der Waals surface area contributed by atoms with Gasteiger partial charge in [0.25, 0.3) is 0 Å². The van der Waals surface area contributed by atoms with Crippen LogP contribution in [0.2, 0.25) is 0 Å². The topological polar surface area (TPSA) is 189 Å². The molecule has 9 atom stereocenters. The zero-order chi connectivity index (χ0) is 36.3. The average Bonchev–Trinajstić information content (AvgIpc) is 3.10. The number of aliphatic hydroxyl groups excluding tert-OH is 7. The van der Waals surface area contributed by atoms with Gasteiger partial charge in [0.15, 0.2) is 6.29 Å².